The number of sulfonamides is 1. The van der Waals surface area contributed by atoms with Crippen LogP contribution in [0.3, 0.4) is 0 Å². The molecule has 2 unspecified atom stereocenters. The number of benzene rings is 1. The van der Waals surface area contributed by atoms with Gasteiger partial charge < -0.3 is 0 Å². The van der Waals surface area contributed by atoms with Gasteiger partial charge >= 0.3 is 0 Å². The van der Waals surface area contributed by atoms with Crippen LogP contribution in [0.15, 0.2) is 29.2 Å². The molecule has 2 aliphatic rings. The highest BCUT2D eigenvalue weighted by Crippen LogP contribution is 2.50. The molecule has 0 aromatic heterocycles. The second-order valence-electron chi connectivity index (χ2n) is 7.78. The van der Waals surface area contributed by atoms with Crippen molar-refractivity contribution in [1.29, 1.82) is 0 Å². The molecule has 1 aromatic carbocycles. The SMILES string of the molecule is Cc1ccc(S(=O)(=O)N2CC3(C)CC(=O)CC(C)(C2)C3)cc1. The van der Waals surface area contributed by atoms with Gasteiger partial charge in [0.1, 0.15) is 5.78 Å². The zero-order chi connectivity index (χ0) is 16.2. The highest BCUT2D eigenvalue weighted by Gasteiger charge is 2.51. The Bertz CT molecular complexity index is 688. The quantitative estimate of drug-likeness (QED) is 0.841. The number of fused-ring (bicyclic) bond motifs is 2. The van der Waals surface area contributed by atoms with Gasteiger partial charge in [0.25, 0.3) is 0 Å². The van der Waals surface area contributed by atoms with Crippen LogP contribution in [0.5, 0.6) is 0 Å². The molecule has 1 saturated heterocycles. The van der Waals surface area contributed by atoms with E-state index in [0.717, 1.165) is 12.0 Å². The molecule has 0 N–H and O–H groups in total. The summed E-state index contributed by atoms with van der Waals surface area (Å²) in [6.07, 6.45) is 1.90. The average molecular weight is 321 g/mol. The molecule has 1 aromatic rings. The minimum Gasteiger partial charge on any atom is -0.300 e. The minimum absolute atomic E-state index is 0.236. The number of Topliss-reactive ketones (excluding diaryl/α,β-unsaturated/α-hetero) is 1. The van der Waals surface area contributed by atoms with E-state index in [2.05, 4.69) is 0 Å². The molecule has 3 rings (SSSR count). The molecule has 120 valence electrons. The Labute approximate surface area is 132 Å². The van der Waals surface area contributed by atoms with Crippen molar-refractivity contribution < 1.29 is 13.2 Å². The van der Waals surface area contributed by atoms with Crippen LogP contribution in [0.25, 0.3) is 0 Å². The van der Waals surface area contributed by atoms with Crippen LogP contribution >= 0.6 is 0 Å². The van der Waals surface area contributed by atoms with Crippen molar-refractivity contribution in [3.8, 4) is 0 Å². The van der Waals surface area contributed by atoms with E-state index in [-0.39, 0.29) is 16.6 Å². The molecule has 5 heteroatoms. The smallest absolute Gasteiger partial charge is 0.243 e. The fraction of sp³-hybridized carbons (Fsp3) is 0.588. The van der Waals surface area contributed by atoms with Crippen molar-refractivity contribution in [1.82, 2.24) is 4.31 Å². The number of ketones is 1. The van der Waals surface area contributed by atoms with Crippen LogP contribution in [0.4, 0.5) is 0 Å². The first-order valence-corrected chi connectivity index (χ1v) is 9.15. The molecule has 1 saturated carbocycles. The number of hydrogen-bond acceptors (Lipinski definition) is 3. The highest BCUT2D eigenvalue weighted by atomic mass is 32.2. The number of aryl methyl sites for hydroxylation is 1. The molecule has 4 nitrogen and oxygen atoms in total. The van der Waals surface area contributed by atoms with Crippen molar-refractivity contribution in [2.24, 2.45) is 10.8 Å². The van der Waals surface area contributed by atoms with Gasteiger partial charge in [0.15, 0.2) is 0 Å². The second-order valence-corrected chi connectivity index (χ2v) is 9.71. The van der Waals surface area contributed by atoms with Crippen molar-refractivity contribution in [2.45, 2.75) is 44.9 Å². The van der Waals surface area contributed by atoms with E-state index in [9.17, 15) is 13.2 Å². The fourth-order valence-electron chi connectivity index (χ4n) is 4.33. The van der Waals surface area contributed by atoms with Crippen LogP contribution < -0.4 is 0 Å². The van der Waals surface area contributed by atoms with Crippen molar-refractivity contribution in [2.75, 3.05) is 13.1 Å². The largest absolute Gasteiger partial charge is 0.300 e. The third kappa shape index (κ3) is 2.72. The van der Waals surface area contributed by atoms with Gasteiger partial charge in [0.2, 0.25) is 10.0 Å². The van der Waals surface area contributed by atoms with Crippen molar-refractivity contribution in [3.05, 3.63) is 29.8 Å². The van der Waals surface area contributed by atoms with Crippen LogP contribution in [0, 0.1) is 17.8 Å². The summed E-state index contributed by atoms with van der Waals surface area (Å²) in [7, 11) is -3.49. The average Bonchev–Trinajstić information content (AvgIpc) is 2.35. The highest BCUT2D eigenvalue weighted by molar-refractivity contribution is 7.89. The zero-order valence-electron chi connectivity index (χ0n) is 13.4. The molecular weight excluding hydrogens is 298 g/mol. The Morgan fingerprint density at radius 1 is 1.00 bits per heavy atom. The van der Waals surface area contributed by atoms with E-state index >= 15 is 0 Å². The lowest BCUT2D eigenvalue weighted by molar-refractivity contribution is -0.132. The van der Waals surface area contributed by atoms with Gasteiger partial charge in [-0.3, -0.25) is 4.79 Å². The summed E-state index contributed by atoms with van der Waals surface area (Å²) in [5, 5.41) is 0. The van der Waals surface area contributed by atoms with E-state index in [1.807, 2.05) is 32.9 Å². The third-order valence-corrected chi connectivity index (χ3v) is 6.68. The number of carbonyl (C=O) groups is 1. The first kappa shape index (κ1) is 15.7. The first-order chi connectivity index (χ1) is 10.1. The van der Waals surface area contributed by atoms with Gasteiger partial charge in [-0.1, -0.05) is 31.5 Å². The maximum Gasteiger partial charge on any atom is 0.243 e. The Balaban J connectivity index is 1.95. The van der Waals surface area contributed by atoms with Gasteiger partial charge in [-0.25, -0.2) is 8.42 Å². The number of carbonyl (C=O) groups excluding carboxylic acids is 1. The van der Waals surface area contributed by atoms with Crippen LogP contribution in [-0.4, -0.2) is 31.6 Å². The van der Waals surface area contributed by atoms with E-state index in [1.165, 1.54) is 0 Å². The van der Waals surface area contributed by atoms with E-state index in [4.69, 9.17) is 0 Å². The summed E-state index contributed by atoms with van der Waals surface area (Å²) in [6.45, 7) is 6.89. The Hall–Kier alpha value is -1.20. The molecule has 22 heavy (non-hydrogen) atoms. The molecule has 0 radical (unpaired) electrons. The van der Waals surface area contributed by atoms with Crippen LogP contribution in [0.1, 0.15) is 38.7 Å². The maximum atomic E-state index is 12.9. The lowest BCUT2D eigenvalue weighted by atomic mass is 9.61. The number of nitrogens with zero attached hydrogens (tertiary/aromatic N) is 1. The second kappa shape index (κ2) is 4.90. The third-order valence-electron chi connectivity index (χ3n) is 4.88. The number of rotatable bonds is 2. The summed E-state index contributed by atoms with van der Waals surface area (Å²) in [5.74, 6) is 0.267. The maximum absolute atomic E-state index is 12.9. The predicted octanol–water partition coefficient (Wildman–Crippen LogP) is 2.76. The van der Waals surface area contributed by atoms with Crippen LogP contribution in [-0.2, 0) is 14.8 Å². The lowest BCUT2D eigenvalue weighted by Crippen LogP contribution is -2.56. The van der Waals surface area contributed by atoms with Crippen molar-refractivity contribution in [3.63, 3.8) is 0 Å². The zero-order valence-corrected chi connectivity index (χ0v) is 14.2. The Morgan fingerprint density at radius 3 is 2.00 bits per heavy atom. The summed E-state index contributed by atoms with van der Waals surface area (Å²) < 4.78 is 27.5. The molecule has 0 amide bonds. The topological polar surface area (TPSA) is 54.5 Å². The van der Waals surface area contributed by atoms with Gasteiger partial charge in [0.05, 0.1) is 4.90 Å². The fourth-order valence-corrected chi connectivity index (χ4v) is 6.07. The summed E-state index contributed by atoms with van der Waals surface area (Å²) in [4.78, 5) is 12.3. The summed E-state index contributed by atoms with van der Waals surface area (Å²) >= 11 is 0. The summed E-state index contributed by atoms with van der Waals surface area (Å²) in [6, 6.07) is 6.99. The van der Waals surface area contributed by atoms with Crippen molar-refractivity contribution >= 4 is 15.8 Å². The lowest BCUT2D eigenvalue weighted by Gasteiger charge is -2.52. The Kier molecular flexibility index (Phi) is 3.49. The minimum atomic E-state index is -3.49. The van der Waals surface area contributed by atoms with Gasteiger partial charge in [-0.15, -0.1) is 0 Å². The number of piperidine rings is 1. The number of hydrogen-bond donors (Lipinski definition) is 0. The molecule has 1 aliphatic heterocycles. The molecule has 2 atom stereocenters. The molecular formula is C17H23NO3S. The van der Waals surface area contributed by atoms with Crippen LogP contribution in [0.2, 0.25) is 0 Å². The van der Waals surface area contributed by atoms with Gasteiger partial charge in [-0.2, -0.15) is 4.31 Å². The van der Waals surface area contributed by atoms with Gasteiger partial charge in [0, 0.05) is 25.9 Å². The van der Waals surface area contributed by atoms with E-state index < -0.39 is 10.0 Å². The molecule has 1 heterocycles. The monoisotopic (exact) mass is 321 g/mol. The Morgan fingerprint density at radius 2 is 1.50 bits per heavy atom. The first-order valence-electron chi connectivity index (χ1n) is 7.71. The standard InChI is InChI=1S/C17H23NO3S/c1-13-4-6-15(7-5-13)22(20,21)18-11-16(2)8-14(19)9-17(3,10-16)12-18/h4-7H,8-12H2,1-3H3. The predicted molar refractivity (Wildman–Crippen MR) is 85.0 cm³/mol. The van der Waals surface area contributed by atoms with E-state index in [0.29, 0.717) is 30.8 Å². The normalized spacial score (nSPS) is 33.0. The van der Waals surface area contributed by atoms with Gasteiger partial charge in [-0.05, 0) is 36.3 Å². The summed E-state index contributed by atoms with van der Waals surface area (Å²) in [5.41, 5.74) is 0.569. The molecule has 2 fully saturated rings. The molecule has 1 aliphatic carbocycles. The van der Waals surface area contributed by atoms with E-state index in [1.54, 1.807) is 16.4 Å². The molecule has 0 spiro atoms. The molecule has 2 bridgehead atoms.